The van der Waals surface area contributed by atoms with Crippen LogP contribution < -0.4 is 15.5 Å². The van der Waals surface area contributed by atoms with Gasteiger partial charge in [0.25, 0.3) is 11.8 Å². The number of rotatable bonds is 7. The molecule has 3 rings (SSSR count). The van der Waals surface area contributed by atoms with Gasteiger partial charge in [0.2, 0.25) is 0 Å². The highest BCUT2D eigenvalue weighted by atomic mass is 79.9. The molecule has 33 heavy (non-hydrogen) atoms. The third kappa shape index (κ3) is 6.77. The molecule has 0 fully saturated rings. The van der Waals surface area contributed by atoms with Crippen molar-refractivity contribution in [1.29, 1.82) is 0 Å². The van der Waals surface area contributed by atoms with Crippen LogP contribution in [0.15, 0.2) is 86.5 Å². The van der Waals surface area contributed by atoms with Gasteiger partial charge in [0.05, 0.1) is 28.4 Å². The molecule has 0 bridgehead atoms. The van der Waals surface area contributed by atoms with E-state index in [2.05, 4.69) is 47.7 Å². The summed E-state index contributed by atoms with van der Waals surface area (Å²) in [6, 6.07) is 19.3. The van der Waals surface area contributed by atoms with Crippen LogP contribution in [-0.4, -0.2) is 25.1 Å². The van der Waals surface area contributed by atoms with Gasteiger partial charge in [0.15, 0.2) is 0 Å². The molecule has 2 amide bonds. The van der Waals surface area contributed by atoms with E-state index in [0.29, 0.717) is 11.3 Å². The number of hydrogen-bond acceptors (Lipinski definition) is 4. The quantitative estimate of drug-likeness (QED) is 0.207. The standard InChI is InChI=1S/C24H18Br2ClN3O3/c1-33-22-16(12-17(25)13-19(22)26)14-28-30-24(32)21(11-15-7-3-2-4-8-15)29-23(31)18-9-5-6-10-20(18)27/h2-14H,1H3,(H,29,31)(H,30,32)/b21-11+,28-14-. The van der Waals surface area contributed by atoms with Gasteiger partial charge in [-0.3, -0.25) is 9.59 Å². The molecule has 0 saturated carbocycles. The van der Waals surface area contributed by atoms with Crippen LogP contribution in [0.5, 0.6) is 5.75 Å². The third-order valence-corrected chi connectivity index (χ3v) is 5.71. The highest BCUT2D eigenvalue weighted by Gasteiger charge is 2.16. The average Bonchev–Trinajstić information content (AvgIpc) is 2.79. The van der Waals surface area contributed by atoms with E-state index in [1.165, 1.54) is 13.3 Å². The summed E-state index contributed by atoms with van der Waals surface area (Å²) in [5.74, 6) is -0.564. The Bertz CT molecular complexity index is 1230. The van der Waals surface area contributed by atoms with Gasteiger partial charge in [-0.2, -0.15) is 5.10 Å². The lowest BCUT2D eigenvalue weighted by molar-refractivity contribution is -0.117. The van der Waals surface area contributed by atoms with Crippen LogP contribution in [0.1, 0.15) is 21.5 Å². The van der Waals surface area contributed by atoms with Gasteiger partial charge in [0.1, 0.15) is 11.4 Å². The van der Waals surface area contributed by atoms with Crippen LogP contribution in [0.2, 0.25) is 5.02 Å². The number of carbonyl (C=O) groups is 2. The van der Waals surface area contributed by atoms with Crippen LogP contribution in [0.25, 0.3) is 6.08 Å². The Balaban J connectivity index is 1.84. The molecule has 0 aliphatic heterocycles. The Morgan fingerprint density at radius 2 is 1.73 bits per heavy atom. The molecular weight excluding hydrogens is 574 g/mol. The van der Waals surface area contributed by atoms with E-state index in [1.807, 2.05) is 36.4 Å². The summed E-state index contributed by atoms with van der Waals surface area (Å²) in [5, 5.41) is 6.93. The van der Waals surface area contributed by atoms with E-state index in [-0.39, 0.29) is 16.3 Å². The molecule has 0 saturated heterocycles. The zero-order valence-electron chi connectivity index (χ0n) is 17.3. The van der Waals surface area contributed by atoms with Gasteiger partial charge in [-0.15, -0.1) is 0 Å². The van der Waals surface area contributed by atoms with E-state index in [9.17, 15) is 9.59 Å². The summed E-state index contributed by atoms with van der Waals surface area (Å²) in [6.45, 7) is 0. The lowest BCUT2D eigenvalue weighted by Crippen LogP contribution is -2.33. The van der Waals surface area contributed by atoms with Crippen molar-refractivity contribution in [2.75, 3.05) is 7.11 Å². The number of nitrogens with zero attached hydrogens (tertiary/aromatic N) is 1. The van der Waals surface area contributed by atoms with Crippen molar-refractivity contribution in [3.63, 3.8) is 0 Å². The second kappa shape index (κ2) is 11.8. The summed E-state index contributed by atoms with van der Waals surface area (Å²) in [6.07, 6.45) is 3.00. The molecule has 0 radical (unpaired) electrons. The van der Waals surface area contributed by atoms with Crippen molar-refractivity contribution in [1.82, 2.24) is 10.7 Å². The highest BCUT2D eigenvalue weighted by Crippen LogP contribution is 2.31. The molecule has 3 aromatic rings. The van der Waals surface area contributed by atoms with Crippen LogP contribution in [-0.2, 0) is 4.79 Å². The number of hydrogen-bond donors (Lipinski definition) is 2. The van der Waals surface area contributed by atoms with Crippen molar-refractivity contribution in [2.45, 2.75) is 0 Å². The number of halogens is 3. The predicted octanol–water partition coefficient (Wildman–Crippen LogP) is 5.79. The molecule has 0 unspecified atom stereocenters. The Labute approximate surface area is 212 Å². The van der Waals surface area contributed by atoms with E-state index in [4.69, 9.17) is 16.3 Å². The Hall–Kier alpha value is -2.94. The van der Waals surface area contributed by atoms with Crippen molar-refractivity contribution >= 4 is 67.6 Å². The molecule has 0 aliphatic rings. The zero-order chi connectivity index (χ0) is 23.8. The molecule has 0 aromatic heterocycles. The predicted molar refractivity (Wildman–Crippen MR) is 137 cm³/mol. The maximum Gasteiger partial charge on any atom is 0.287 e. The number of carbonyl (C=O) groups excluding carboxylic acids is 2. The van der Waals surface area contributed by atoms with E-state index in [1.54, 1.807) is 36.4 Å². The maximum atomic E-state index is 12.9. The smallest absolute Gasteiger partial charge is 0.287 e. The first kappa shape index (κ1) is 24.7. The largest absolute Gasteiger partial charge is 0.495 e. The number of ether oxygens (including phenoxy) is 1. The van der Waals surface area contributed by atoms with Gasteiger partial charge >= 0.3 is 0 Å². The number of nitrogens with one attached hydrogen (secondary N) is 2. The summed E-state index contributed by atoms with van der Waals surface area (Å²) < 4.78 is 6.91. The minimum Gasteiger partial charge on any atom is -0.495 e. The lowest BCUT2D eigenvalue weighted by atomic mass is 10.1. The van der Waals surface area contributed by atoms with Gasteiger partial charge in [0, 0.05) is 10.0 Å². The Kier molecular flexibility index (Phi) is 8.82. The second-order valence-corrected chi connectivity index (χ2v) is 8.79. The second-order valence-electron chi connectivity index (χ2n) is 6.61. The Morgan fingerprint density at radius 3 is 2.42 bits per heavy atom. The van der Waals surface area contributed by atoms with Gasteiger partial charge in [-0.05, 0) is 51.8 Å². The summed E-state index contributed by atoms with van der Waals surface area (Å²) >= 11 is 13.0. The van der Waals surface area contributed by atoms with Gasteiger partial charge < -0.3 is 10.1 Å². The number of methoxy groups -OCH3 is 1. The molecule has 3 aromatic carbocycles. The van der Waals surface area contributed by atoms with E-state index >= 15 is 0 Å². The number of hydrazone groups is 1. The fourth-order valence-corrected chi connectivity index (χ4v) is 4.46. The minimum absolute atomic E-state index is 0.00524. The molecular formula is C24H18Br2ClN3O3. The van der Waals surface area contributed by atoms with Crippen molar-refractivity contribution in [3.05, 3.63) is 103 Å². The van der Waals surface area contributed by atoms with Crippen molar-refractivity contribution in [3.8, 4) is 5.75 Å². The van der Waals surface area contributed by atoms with Crippen LogP contribution >= 0.6 is 43.5 Å². The molecule has 0 spiro atoms. The van der Waals surface area contributed by atoms with E-state index < -0.39 is 11.8 Å². The fourth-order valence-electron chi connectivity index (χ4n) is 2.82. The summed E-state index contributed by atoms with van der Waals surface area (Å²) in [7, 11) is 1.54. The molecule has 2 N–H and O–H groups in total. The zero-order valence-corrected chi connectivity index (χ0v) is 21.2. The first-order valence-electron chi connectivity index (χ1n) is 9.58. The number of amides is 2. The van der Waals surface area contributed by atoms with E-state index in [0.717, 1.165) is 14.5 Å². The average molecular weight is 592 g/mol. The Morgan fingerprint density at radius 1 is 1.03 bits per heavy atom. The lowest BCUT2D eigenvalue weighted by Gasteiger charge is -2.10. The topological polar surface area (TPSA) is 79.8 Å². The molecule has 9 heteroatoms. The maximum absolute atomic E-state index is 12.9. The fraction of sp³-hybridized carbons (Fsp3) is 0.0417. The minimum atomic E-state index is -0.608. The first-order chi connectivity index (χ1) is 15.9. The summed E-state index contributed by atoms with van der Waals surface area (Å²) in [5.41, 5.74) is 4.05. The van der Waals surface area contributed by atoms with Crippen LogP contribution in [0.3, 0.4) is 0 Å². The monoisotopic (exact) mass is 589 g/mol. The molecule has 0 heterocycles. The first-order valence-corrected chi connectivity index (χ1v) is 11.5. The van der Waals surface area contributed by atoms with Gasteiger partial charge in [-0.1, -0.05) is 70.0 Å². The van der Waals surface area contributed by atoms with Crippen molar-refractivity contribution < 1.29 is 14.3 Å². The van der Waals surface area contributed by atoms with Crippen LogP contribution in [0.4, 0.5) is 0 Å². The third-order valence-electron chi connectivity index (χ3n) is 4.33. The molecule has 0 atom stereocenters. The molecule has 0 aliphatic carbocycles. The van der Waals surface area contributed by atoms with Gasteiger partial charge in [-0.25, -0.2) is 5.43 Å². The van der Waals surface area contributed by atoms with Crippen molar-refractivity contribution in [2.24, 2.45) is 5.10 Å². The molecule has 6 nitrogen and oxygen atoms in total. The SMILES string of the molecule is COc1c(Br)cc(Br)cc1/C=N\NC(=O)/C(=C\c1ccccc1)NC(=O)c1ccccc1Cl. The summed E-state index contributed by atoms with van der Waals surface area (Å²) in [4.78, 5) is 25.6. The molecule has 168 valence electrons. The normalized spacial score (nSPS) is 11.3. The number of benzene rings is 3. The highest BCUT2D eigenvalue weighted by molar-refractivity contribution is 9.11. The van der Waals surface area contributed by atoms with Crippen LogP contribution in [0, 0.1) is 0 Å².